The highest BCUT2D eigenvalue weighted by molar-refractivity contribution is 6.43. The van der Waals surface area contributed by atoms with E-state index in [-0.39, 0.29) is 0 Å². The molecule has 1 heterocycles. The van der Waals surface area contributed by atoms with Crippen LogP contribution in [0.5, 0.6) is 0 Å². The van der Waals surface area contributed by atoms with Crippen molar-refractivity contribution in [1.29, 1.82) is 0 Å². The second-order valence-electron chi connectivity index (χ2n) is 4.75. The zero-order valence-corrected chi connectivity index (χ0v) is 13.8. The Balaban J connectivity index is 2.90. The molecule has 0 spiro atoms. The quantitative estimate of drug-likeness (QED) is 0.747. The Morgan fingerprint density at radius 2 is 1.81 bits per heavy atom. The number of esters is 1. The summed E-state index contributed by atoms with van der Waals surface area (Å²) in [5.74, 6) is -0.436. The van der Waals surface area contributed by atoms with Gasteiger partial charge in [-0.25, -0.2) is 4.79 Å². The lowest BCUT2D eigenvalue weighted by Crippen LogP contribution is -2.11. The molecule has 5 heteroatoms. The average Bonchev–Trinajstić information content (AvgIpc) is 2.45. The largest absolute Gasteiger partial charge is 0.465 e. The predicted octanol–water partition coefficient (Wildman–Crippen LogP) is 4.77. The second-order valence-corrected chi connectivity index (χ2v) is 5.54. The van der Waals surface area contributed by atoms with E-state index in [1.807, 2.05) is 19.9 Å². The Morgan fingerprint density at radius 3 is 2.43 bits per heavy atom. The normalized spacial score (nSPS) is 10.6. The SMILES string of the molecule is COC(=O)c1c(C)nc(C)c(C)c1-c1cccc(Cl)c1Cl. The molecule has 1 aromatic heterocycles. The van der Waals surface area contributed by atoms with Gasteiger partial charge in [-0.2, -0.15) is 0 Å². The summed E-state index contributed by atoms with van der Waals surface area (Å²) in [4.78, 5) is 16.6. The molecule has 2 rings (SSSR count). The Kier molecular flexibility index (Phi) is 4.55. The third-order valence-electron chi connectivity index (χ3n) is 3.48. The molecule has 0 bridgehead atoms. The highest BCUT2D eigenvalue weighted by Crippen LogP contribution is 2.38. The number of aromatic nitrogens is 1. The molecule has 1 aromatic carbocycles. The van der Waals surface area contributed by atoms with Crippen LogP contribution >= 0.6 is 23.2 Å². The van der Waals surface area contributed by atoms with Crippen molar-refractivity contribution in [2.24, 2.45) is 0 Å². The third kappa shape index (κ3) is 2.76. The summed E-state index contributed by atoms with van der Waals surface area (Å²) >= 11 is 12.4. The minimum Gasteiger partial charge on any atom is -0.465 e. The number of carbonyl (C=O) groups excluding carboxylic acids is 1. The fraction of sp³-hybridized carbons (Fsp3) is 0.250. The topological polar surface area (TPSA) is 39.2 Å². The molecule has 3 nitrogen and oxygen atoms in total. The van der Waals surface area contributed by atoms with Crippen LogP contribution in [0.15, 0.2) is 18.2 Å². The van der Waals surface area contributed by atoms with Crippen LogP contribution in [0.2, 0.25) is 10.0 Å². The molecule has 0 N–H and O–H groups in total. The lowest BCUT2D eigenvalue weighted by atomic mass is 9.93. The molecule has 2 aromatic rings. The number of aryl methyl sites for hydroxylation is 2. The summed E-state index contributed by atoms with van der Waals surface area (Å²) < 4.78 is 4.89. The van der Waals surface area contributed by atoms with E-state index in [0.29, 0.717) is 26.9 Å². The highest BCUT2D eigenvalue weighted by atomic mass is 35.5. The van der Waals surface area contributed by atoms with E-state index in [1.54, 1.807) is 19.1 Å². The highest BCUT2D eigenvalue weighted by Gasteiger charge is 2.23. The van der Waals surface area contributed by atoms with Gasteiger partial charge in [-0.15, -0.1) is 0 Å². The molecule has 0 aliphatic carbocycles. The van der Waals surface area contributed by atoms with Crippen molar-refractivity contribution in [1.82, 2.24) is 4.98 Å². The molecule has 110 valence electrons. The Bertz CT molecular complexity index is 727. The number of methoxy groups -OCH3 is 1. The van der Waals surface area contributed by atoms with Crippen LogP contribution in [0.3, 0.4) is 0 Å². The van der Waals surface area contributed by atoms with Gasteiger partial charge < -0.3 is 4.74 Å². The molecule has 0 aliphatic heterocycles. The van der Waals surface area contributed by atoms with Gasteiger partial charge in [0.25, 0.3) is 0 Å². The van der Waals surface area contributed by atoms with Gasteiger partial charge >= 0.3 is 5.97 Å². The molecule has 0 fully saturated rings. The maximum Gasteiger partial charge on any atom is 0.340 e. The van der Waals surface area contributed by atoms with E-state index in [2.05, 4.69) is 4.98 Å². The first-order chi connectivity index (χ1) is 9.88. The van der Waals surface area contributed by atoms with Crippen LogP contribution in [-0.4, -0.2) is 18.1 Å². The standard InChI is InChI=1S/C16H15Cl2NO2/c1-8-9(2)19-10(3)14(16(20)21-4)13(8)11-6-5-7-12(17)15(11)18/h5-7H,1-4H3. The zero-order valence-electron chi connectivity index (χ0n) is 12.3. The van der Waals surface area contributed by atoms with Crippen LogP contribution in [0.1, 0.15) is 27.3 Å². The zero-order chi connectivity index (χ0) is 15.7. The monoisotopic (exact) mass is 323 g/mol. The number of hydrogen-bond acceptors (Lipinski definition) is 3. The summed E-state index contributed by atoms with van der Waals surface area (Å²) in [5, 5.41) is 0.855. The van der Waals surface area contributed by atoms with Crippen LogP contribution in [0, 0.1) is 20.8 Å². The van der Waals surface area contributed by atoms with Gasteiger partial charge in [-0.3, -0.25) is 4.98 Å². The molecule has 21 heavy (non-hydrogen) atoms. The lowest BCUT2D eigenvalue weighted by Gasteiger charge is -2.17. The van der Waals surface area contributed by atoms with E-state index in [1.165, 1.54) is 7.11 Å². The summed E-state index contributed by atoms with van der Waals surface area (Å²) in [7, 11) is 1.35. The lowest BCUT2D eigenvalue weighted by molar-refractivity contribution is 0.0600. The first-order valence-corrected chi connectivity index (χ1v) is 7.14. The number of pyridine rings is 1. The molecule has 0 radical (unpaired) electrons. The van der Waals surface area contributed by atoms with Crippen molar-refractivity contribution in [3.8, 4) is 11.1 Å². The third-order valence-corrected chi connectivity index (χ3v) is 4.29. The van der Waals surface area contributed by atoms with Gasteiger partial charge in [0.2, 0.25) is 0 Å². The smallest absolute Gasteiger partial charge is 0.340 e. The fourth-order valence-corrected chi connectivity index (χ4v) is 2.72. The molecule has 0 aliphatic rings. The molecular formula is C16H15Cl2NO2. The molecule has 0 atom stereocenters. The number of nitrogens with zero attached hydrogens (tertiary/aromatic N) is 1. The van der Waals surface area contributed by atoms with E-state index < -0.39 is 5.97 Å². The van der Waals surface area contributed by atoms with Crippen molar-refractivity contribution < 1.29 is 9.53 Å². The summed E-state index contributed by atoms with van der Waals surface area (Å²) in [6, 6.07) is 5.35. The first-order valence-electron chi connectivity index (χ1n) is 6.39. The molecule has 0 saturated heterocycles. The number of hydrogen-bond donors (Lipinski definition) is 0. The predicted molar refractivity (Wildman–Crippen MR) is 85.2 cm³/mol. The van der Waals surface area contributed by atoms with E-state index in [4.69, 9.17) is 27.9 Å². The average molecular weight is 324 g/mol. The number of carbonyl (C=O) groups is 1. The number of halogens is 2. The van der Waals surface area contributed by atoms with Crippen molar-refractivity contribution in [2.75, 3.05) is 7.11 Å². The Morgan fingerprint density at radius 1 is 1.14 bits per heavy atom. The maximum absolute atomic E-state index is 12.1. The Hall–Kier alpha value is -1.58. The summed E-state index contributed by atoms with van der Waals surface area (Å²) in [6.07, 6.45) is 0. The minimum absolute atomic E-state index is 0.414. The van der Waals surface area contributed by atoms with Gasteiger partial charge in [0.1, 0.15) is 0 Å². The second kappa shape index (κ2) is 6.04. The number of rotatable bonds is 2. The molecule has 0 saturated carbocycles. The van der Waals surface area contributed by atoms with E-state index in [0.717, 1.165) is 16.8 Å². The van der Waals surface area contributed by atoms with Crippen LogP contribution in [0.4, 0.5) is 0 Å². The van der Waals surface area contributed by atoms with Gasteiger partial charge in [0.15, 0.2) is 0 Å². The van der Waals surface area contributed by atoms with Crippen LogP contribution < -0.4 is 0 Å². The van der Waals surface area contributed by atoms with E-state index >= 15 is 0 Å². The van der Waals surface area contributed by atoms with E-state index in [9.17, 15) is 4.79 Å². The van der Waals surface area contributed by atoms with Gasteiger partial charge in [0.05, 0.1) is 28.4 Å². The maximum atomic E-state index is 12.1. The molecular weight excluding hydrogens is 309 g/mol. The first kappa shape index (κ1) is 15.8. The van der Waals surface area contributed by atoms with Crippen LogP contribution in [-0.2, 0) is 4.74 Å². The minimum atomic E-state index is -0.436. The van der Waals surface area contributed by atoms with Gasteiger partial charge in [-0.05, 0) is 32.4 Å². The molecule has 0 unspecified atom stereocenters. The Labute approximate surface area is 133 Å². The summed E-state index contributed by atoms with van der Waals surface area (Å²) in [6.45, 7) is 5.58. The summed E-state index contributed by atoms with van der Waals surface area (Å²) in [5.41, 5.74) is 4.17. The van der Waals surface area contributed by atoms with Crippen LogP contribution in [0.25, 0.3) is 11.1 Å². The number of benzene rings is 1. The van der Waals surface area contributed by atoms with Gasteiger partial charge in [-0.1, -0.05) is 35.3 Å². The molecule has 0 amide bonds. The fourth-order valence-electron chi connectivity index (χ4n) is 2.33. The van der Waals surface area contributed by atoms with Crippen molar-refractivity contribution in [3.05, 3.63) is 50.8 Å². The van der Waals surface area contributed by atoms with Crippen molar-refractivity contribution >= 4 is 29.2 Å². The van der Waals surface area contributed by atoms with Gasteiger partial charge in [0, 0.05) is 16.8 Å². The van der Waals surface area contributed by atoms with Crippen molar-refractivity contribution in [2.45, 2.75) is 20.8 Å². The number of ether oxygens (including phenoxy) is 1. The van der Waals surface area contributed by atoms with Crippen molar-refractivity contribution in [3.63, 3.8) is 0 Å².